The van der Waals surface area contributed by atoms with Crippen molar-refractivity contribution in [2.75, 3.05) is 7.11 Å². The van der Waals surface area contributed by atoms with E-state index < -0.39 is 5.92 Å². The predicted molar refractivity (Wildman–Crippen MR) is 96.4 cm³/mol. The third kappa shape index (κ3) is 10.5. The highest BCUT2D eigenvalue weighted by molar-refractivity contribution is 5.99. The van der Waals surface area contributed by atoms with E-state index in [1.807, 2.05) is 6.92 Å². The van der Waals surface area contributed by atoms with Crippen molar-refractivity contribution in [3.05, 3.63) is 0 Å². The van der Waals surface area contributed by atoms with Gasteiger partial charge in [0.25, 0.3) is 0 Å². The number of esters is 1. The van der Waals surface area contributed by atoms with Crippen molar-refractivity contribution in [3.8, 4) is 0 Å². The van der Waals surface area contributed by atoms with E-state index in [4.69, 9.17) is 4.74 Å². The van der Waals surface area contributed by atoms with Crippen LogP contribution < -0.4 is 0 Å². The van der Waals surface area contributed by atoms with Crippen molar-refractivity contribution in [3.63, 3.8) is 0 Å². The molecule has 3 heteroatoms. The largest absolute Gasteiger partial charge is 0.468 e. The molecule has 0 aromatic heterocycles. The number of Topliss-reactive ketones (excluding diaryl/α,β-unsaturated/α-hetero) is 1. The zero-order valence-electron chi connectivity index (χ0n) is 15.9. The predicted octanol–water partition coefficient (Wildman–Crippen LogP) is 5.70. The van der Waals surface area contributed by atoms with E-state index in [1.54, 1.807) is 0 Å². The Bertz CT molecular complexity index is 312. The quantitative estimate of drug-likeness (QED) is 0.220. The minimum absolute atomic E-state index is 0.0314. The van der Waals surface area contributed by atoms with Gasteiger partial charge in [0.15, 0.2) is 0 Å². The minimum atomic E-state index is -0.552. The van der Waals surface area contributed by atoms with E-state index in [1.165, 1.54) is 52.1 Å². The minimum Gasteiger partial charge on any atom is -0.468 e. The van der Waals surface area contributed by atoms with Gasteiger partial charge in [-0.2, -0.15) is 0 Å². The fourth-order valence-corrected chi connectivity index (χ4v) is 3.00. The number of carbonyl (C=O) groups excluding carboxylic acids is 2. The van der Waals surface area contributed by atoms with Gasteiger partial charge in [-0.15, -0.1) is 0 Å². The summed E-state index contributed by atoms with van der Waals surface area (Å²) < 4.78 is 4.81. The van der Waals surface area contributed by atoms with Crippen molar-refractivity contribution >= 4 is 11.8 Å². The average Bonchev–Trinajstić information content (AvgIpc) is 2.56. The van der Waals surface area contributed by atoms with Crippen LogP contribution in [-0.2, 0) is 14.3 Å². The Kier molecular flexibility index (Phi) is 14.2. The molecule has 0 saturated heterocycles. The molecule has 0 heterocycles. The first-order chi connectivity index (χ1) is 11.1. The van der Waals surface area contributed by atoms with Crippen LogP contribution in [0.3, 0.4) is 0 Å². The lowest BCUT2D eigenvalue weighted by molar-refractivity contribution is -0.150. The molecule has 0 fully saturated rings. The van der Waals surface area contributed by atoms with Crippen molar-refractivity contribution in [2.45, 2.75) is 97.8 Å². The van der Waals surface area contributed by atoms with E-state index >= 15 is 0 Å². The molecular formula is C20H38O3. The highest BCUT2D eigenvalue weighted by atomic mass is 16.5. The molecule has 136 valence electrons. The SMILES string of the molecule is CCCCCCCCCCC(C)C(=O)C(CCCC)C(=O)OC. The van der Waals surface area contributed by atoms with E-state index in [-0.39, 0.29) is 17.7 Å². The first kappa shape index (κ1) is 22.1. The summed E-state index contributed by atoms with van der Waals surface area (Å²) in [6.07, 6.45) is 13.6. The fourth-order valence-electron chi connectivity index (χ4n) is 3.00. The standard InChI is InChI=1S/C20H38O3/c1-5-7-9-10-11-12-13-14-15-17(3)19(21)18(16-8-6-2)20(22)23-4/h17-18H,5-16H2,1-4H3. The van der Waals surface area contributed by atoms with Crippen LogP contribution in [0.5, 0.6) is 0 Å². The van der Waals surface area contributed by atoms with Crippen LogP contribution in [0.4, 0.5) is 0 Å². The maximum Gasteiger partial charge on any atom is 0.316 e. The second-order valence-electron chi connectivity index (χ2n) is 6.78. The summed E-state index contributed by atoms with van der Waals surface area (Å²) >= 11 is 0. The summed E-state index contributed by atoms with van der Waals surface area (Å²) in [4.78, 5) is 24.3. The van der Waals surface area contributed by atoms with Gasteiger partial charge in [0.2, 0.25) is 0 Å². The maximum atomic E-state index is 12.5. The first-order valence-corrected chi connectivity index (χ1v) is 9.69. The average molecular weight is 327 g/mol. The molecule has 0 radical (unpaired) electrons. The Hall–Kier alpha value is -0.860. The van der Waals surface area contributed by atoms with Crippen LogP contribution >= 0.6 is 0 Å². The van der Waals surface area contributed by atoms with Crippen LogP contribution in [0.25, 0.3) is 0 Å². The number of ether oxygens (including phenoxy) is 1. The van der Waals surface area contributed by atoms with Crippen LogP contribution in [-0.4, -0.2) is 18.9 Å². The molecule has 0 aliphatic carbocycles. The van der Waals surface area contributed by atoms with Gasteiger partial charge in [-0.05, 0) is 12.8 Å². The molecule has 0 saturated carbocycles. The molecule has 0 bridgehead atoms. The third-order valence-corrected chi connectivity index (χ3v) is 4.65. The number of hydrogen-bond acceptors (Lipinski definition) is 3. The van der Waals surface area contributed by atoms with E-state index in [0.717, 1.165) is 25.7 Å². The Balaban J connectivity index is 3.99. The van der Waals surface area contributed by atoms with Crippen molar-refractivity contribution < 1.29 is 14.3 Å². The molecular weight excluding hydrogens is 288 g/mol. The Morgan fingerprint density at radius 3 is 1.83 bits per heavy atom. The molecule has 23 heavy (non-hydrogen) atoms. The van der Waals surface area contributed by atoms with Gasteiger partial charge in [0.05, 0.1) is 7.11 Å². The summed E-state index contributed by atoms with van der Waals surface area (Å²) in [7, 11) is 1.37. The smallest absolute Gasteiger partial charge is 0.316 e. The van der Waals surface area contributed by atoms with Crippen molar-refractivity contribution in [2.24, 2.45) is 11.8 Å². The third-order valence-electron chi connectivity index (χ3n) is 4.65. The zero-order chi connectivity index (χ0) is 17.5. The summed E-state index contributed by atoms with van der Waals surface area (Å²) in [6, 6.07) is 0. The lowest BCUT2D eigenvalue weighted by Gasteiger charge is -2.18. The van der Waals surface area contributed by atoms with Gasteiger partial charge in [-0.25, -0.2) is 0 Å². The molecule has 0 spiro atoms. The van der Waals surface area contributed by atoms with Crippen molar-refractivity contribution in [1.29, 1.82) is 0 Å². The Morgan fingerprint density at radius 2 is 1.30 bits per heavy atom. The van der Waals surface area contributed by atoms with Gasteiger partial charge in [-0.1, -0.05) is 85.0 Å². The molecule has 0 rings (SSSR count). The van der Waals surface area contributed by atoms with Gasteiger partial charge in [0.1, 0.15) is 11.7 Å². The van der Waals surface area contributed by atoms with Crippen molar-refractivity contribution in [1.82, 2.24) is 0 Å². The Morgan fingerprint density at radius 1 is 0.783 bits per heavy atom. The molecule has 0 aliphatic heterocycles. The summed E-state index contributed by atoms with van der Waals surface area (Å²) in [6.45, 7) is 6.27. The molecule has 0 aliphatic rings. The first-order valence-electron chi connectivity index (χ1n) is 9.69. The second-order valence-corrected chi connectivity index (χ2v) is 6.78. The van der Waals surface area contributed by atoms with Crippen LogP contribution in [0.2, 0.25) is 0 Å². The molecule has 0 aromatic carbocycles. The number of methoxy groups -OCH3 is 1. The van der Waals surface area contributed by atoms with Crippen LogP contribution in [0, 0.1) is 11.8 Å². The normalized spacial score (nSPS) is 13.6. The number of hydrogen-bond donors (Lipinski definition) is 0. The van der Waals surface area contributed by atoms with Gasteiger partial charge >= 0.3 is 5.97 Å². The molecule has 2 atom stereocenters. The lowest BCUT2D eigenvalue weighted by atomic mass is 9.87. The summed E-state index contributed by atoms with van der Waals surface area (Å²) in [5.74, 6) is -0.862. The summed E-state index contributed by atoms with van der Waals surface area (Å²) in [5, 5.41) is 0. The highest BCUT2D eigenvalue weighted by Crippen LogP contribution is 2.21. The van der Waals surface area contributed by atoms with Gasteiger partial charge in [-0.3, -0.25) is 9.59 Å². The summed E-state index contributed by atoms with van der Waals surface area (Å²) in [5.41, 5.74) is 0. The molecule has 0 aromatic rings. The zero-order valence-corrected chi connectivity index (χ0v) is 15.9. The maximum absolute atomic E-state index is 12.5. The van der Waals surface area contributed by atoms with Gasteiger partial charge in [0, 0.05) is 5.92 Å². The van der Waals surface area contributed by atoms with Crippen LogP contribution in [0.1, 0.15) is 97.8 Å². The van der Waals surface area contributed by atoms with Gasteiger partial charge < -0.3 is 4.74 Å². The van der Waals surface area contributed by atoms with E-state index in [9.17, 15) is 9.59 Å². The molecule has 0 amide bonds. The molecule has 3 nitrogen and oxygen atoms in total. The fraction of sp³-hybridized carbons (Fsp3) is 0.900. The molecule has 0 N–H and O–H groups in total. The second kappa shape index (κ2) is 14.7. The highest BCUT2D eigenvalue weighted by Gasteiger charge is 2.30. The van der Waals surface area contributed by atoms with E-state index in [0.29, 0.717) is 6.42 Å². The monoisotopic (exact) mass is 326 g/mol. The number of carbonyl (C=O) groups is 2. The van der Waals surface area contributed by atoms with Crippen LogP contribution in [0.15, 0.2) is 0 Å². The topological polar surface area (TPSA) is 43.4 Å². The number of rotatable bonds is 15. The van der Waals surface area contributed by atoms with E-state index in [2.05, 4.69) is 13.8 Å². The molecule has 2 unspecified atom stereocenters. The number of ketones is 1. The number of unbranched alkanes of at least 4 members (excludes halogenated alkanes) is 8. The lowest BCUT2D eigenvalue weighted by Crippen LogP contribution is -2.29. The Labute approximate surface area is 143 Å².